The van der Waals surface area contributed by atoms with Crippen molar-refractivity contribution in [3.8, 4) is 0 Å². The highest BCUT2D eigenvalue weighted by atomic mass is 35.5. The predicted octanol–water partition coefficient (Wildman–Crippen LogP) is 1.58. The van der Waals surface area contributed by atoms with Gasteiger partial charge >= 0.3 is 0 Å². The lowest BCUT2D eigenvalue weighted by atomic mass is 10.1. The number of aromatic nitrogens is 1. The Hall–Kier alpha value is -0.640. The lowest BCUT2D eigenvalue weighted by molar-refractivity contribution is 0.389. The van der Waals surface area contributed by atoms with Crippen LogP contribution < -0.4 is 10.6 Å². The highest BCUT2D eigenvalue weighted by Crippen LogP contribution is 2.06. The molecule has 0 bridgehead atoms. The Morgan fingerprint density at radius 2 is 2.47 bits per heavy atom. The average molecular weight is 226 g/mol. The Kier molecular flexibility index (Phi) is 3.94. The van der Waals surface area contributed by atoms with Crippen LogP contribution in [0.3, 0.4) is 0 Å². The first-order valence-electron chi connectivity index (χ1n) is 5.39. The maximum absolute atomic E-state index is 5.72. The van der Waals surface area contributed by atoms with E-state index in [-0.39, 0.29) is 0 Å². The Labute approximate surface area is 95.2 Å². The molecule has 0 unspecified atom stereocenters. The zero-order valence-electron chi connectivity index (χ0n) is 8.67. The van der Waals surface area contributed by atoms with Crippen LogP contribution in [0.25, 0.3) is 0 Å². The number of halogens is 1. The number of nitrogens with one attached hydrogen (secondary N) is 2. The molecular formula is C11H16ClN3. The van der Waals surface area contributed by atoms with Gasteiger partial charge in [0.15, 0.2) is 0 Å². The molecule has 2 heterocycles. The zero-order chi connectivity index (χ0) is 10.5. The third kappa shape index (κ3) is 3.45. The molecule has 82 valence electrons. The van der Waals surface area contributed by atoms with Crippen molar-refractivity contribution in [1.82, 2.24) is 15.6 Å². The fourth-order valence-corrected chi connectivity index (χ4v) is 1.91. The van der Waals surface area contributed by atoms with Gasteiger partial charge in [-0.1, -0.05) is 17.7 Å². The topological polar surface area (TPSA) is 37.0 Å². The van der Waals surface area contributed by atoms with E-state index in [2.05, 4.69) is 15.6 Å². The molecule has 0 aliphatic carbocycles. The van der Waals surface area contributed by atoms with Crippen molar-refractivity contribution in [2.45, 2.75) is 25.4 Å². The van der Waals surface area contributed by atoms with Crippen molar-refractivity contribution in [3.05, 3.63) is 29.0 Å². The third-order valence-corrected chi connectivity index (χ3v) is 2.90. The van der Waals surface area contributed by atoms with Crippen molar-refractivity contribution in [2.75, 3.05) is 13.1 Å². The van der Waals surface area contributed by atoms with Gasteiger partial charge in [0.1, 0.15) is 5.15 Å². The molecule has 1 atom stereocenters. The molecule has 0 aromatic carbocycles. The van der Waals surface area contributed by atoms with Gasteiger partial charge in [-0.25, -0.2) is 4.98 Å². The molecule has 0 saturated carbocycles. The minimum Gasteiger partial charge on any atom is -0.315 e. The quantitative estimate of drug-likeness (QED) is 0.767. The van der Waals surface area contributed by atoms with E-state index >= 15 is 0 Å². The highest BCUT2D eigenvalue weighted by Gasteiger charge is 2.11. The molecule has 1 aliphatic rings. The van der Waals surface area contributed by atoms with Gasteiger partial charge in [0, 0.05) is 25.3 Å². The van der Waals surface area contributed by atoms with E-state index in [1.165, 1.54) is 18.4 Å². The van der Waals surface area contributed by atoms with Gasteiger partial charge in [-0.05, 0) is 31.0 Å². The molecule has 0 radical (unpaired) electrons. The Morgan fingerprint density at radius 3 is 3.13 bits per heavy atom. The van der Waals surface area contributed by atoms with Crippen molar-refractivity contribution >= 4 is 11.6 Å². The number of rotatable bonds is 3. The molecule has 2 N–H and O–H groups in total. The maximum atomic E-state index is 5.72. The molecule has 2 rings (SSSR count). The smallest absolute Gasteiger partial charge is 0.129 e. The van der Waals surface area contributed by atoms with Gasteiger partial charge in [0.25, 0.3) is 0 Å². The van der Waals surface area contributed by atoms with Gasteiger partial charge in [-0.3, -0.25) is 0 Å². The van der Waals surface area contributed by atoms with Gasteiger partial charge in [0.2, 0.25) is 0 Å². The lowest BCUT2D eigenvalue weighted by Gasteiger charge is -2.23. The van der Waals surface area contributed by atoms with E-state index in [0.29, 0.717) is 11.2 Å². The van der Waals surface area contributed by atoms with Crippen LogP contribution >= 0.6 is 11.6 Å². The van der Waals surface area contributed by atoms with Crippen LogP contribution in [-0.2, 0) is 6.54 Å². The molecule has 4 heteroatoms. The van der Waals surface area contributed by atoms with E-state index in [9.17, 15) is 0 Å². The monoisotopic (exact) mass is 225 g/mol. The predicted molar refractivity (Wildman–Crippen MR) is 62.0 cm³/mol. The van der Waals surface area contributed by atoms with Crippen molar-refractivity contribution in [3.63, 3.8) is 0 Å². The number of hydrogen-bond acceptors (Lipinski definition) is 3. The first kappa shape index (κ1) is 10.9. The van der Waals surface area contributed by atoms with Gasteiger partial charge in [-0.15, -0.1) is 0 Å². The second-order valence-electron chi connectivity index (χ2n) is 3.91. The number of hydrogen-bond donors (Lipinski definition) is 2. The second kappa shape index (κ2) is 5.45. The molecule has 3 nitrogen and oxygen atoms in total. The second-order valence-corrected chi connectivity index (χ2v) is 4.30. The van der Waals surface area contributed by atoms with E-state index in [4.69, 9.17) is 11.6 Å². The summed E-state index contributed by atoms with van der Waals surface area (Å²) in [6, 6.07) is 4.44. The number of nitrogens with zero attached hydrogens (tertiary/aromatic N) is 1. The van der Waals surface area contributed by atoms with Crippen LogP contribution in [0.1, 0.15) is 18.4 Å². The summed E-state index contributed by atoms with van der Waals surface area (Å²) in [6.07, 6.45) is 4.34. The summed E-state index contributed by atoms with van der Waals surface area (Å²) in [5.74, 6) is 0. The van der Waals surface area contributed by atoms with Gasteiger partial charge in [0.05, 0.1) is 0 Å². The summed E-state index contributed by atoms with van der Waals surface area (Å²) in [6.45, 7) is 3.10. The number of pyridine rings is 1. The van der Waals surface area contributed by atoms with Crippen molar-refractivity contribution < 1.29 is 0 Å². The summed E-state index contributed by atoms with van der Waals surface area (Å²) in [7, 11) is 0. The summed E-state index contributed by atoms with van der Waals surface area (Å²) in [4.78, 5) is 4.05. The van der Waals surface area contributed by atoms with Gasteiger partial charge < -0.3 is 10.6 Å². The molecule has 15 heavy (non-hydrogen) atoms. The van der Waals surface area contributed by atoms with E-state index < -0.39 is 0 Å². The minimum absolute atomic E-state index is 0.554. The summed E-state index contributed by atoms with van der Waals surface area (Å²) >= 11 is 5.72. The van der Waals surface area contributed by atoms with E-state index in [0.717, 1.165) is 19.6 Å². The lowest BCUT2D eigenvalue weighted by Crippen LogP contribution is -2.42. The highest BCUT2D eigenvalue weighted by molar-refractivity contribution is 6.29. The van der Waals surface area contributed by atoms with E-state index in [1.807, 2.05) is 18.3 Å². The van der Waals surface area contributed by atoms with Crippen molar-refractivity contribution in [1.29, 1.82) is 0 Å². The molecule has 1 aromatic rings. The largest absolute Gasteiger partial charge is 0.315 e. The van der Waals surface area contributed by atoms with Crippen LogP contribution in [-0.4, -0.2) is 24.1 Å². The molecule has 1 aromatic heterocycles. The summed E-state index contributed by atoms with van der Waals surface area (Å²) in [5.41, 5.74) is 1.19. The van der Waals surface area contributed by atoms with E-state index in [1.54, 1.807) is 0 Å². The van der Waals surface area contributed by atoms with Crippen LogP contribution in [0.15, 0.2) is 18.3 Å². The average Bonchev–Trinajstić information content (AvgIpc) is 2.30. The molecular weight excluding hydrogens is 210 g/mol. The maximum Gasteiger partial charge on any atom is 0.129 e. The van der Waals surface area contributed by atoms with Crippen LogP contribution in [0.2, 0.25) is 5.15 Å². The molecule has 1 aliphatic heterocycles. The number of piperidine rings is 1. The normalized spacial score (nSPS) is 21.5. The summed E-state index contributed by atoms with van der Waals surface area (Å²) < 4.78 is 0. The zero-order valence-corrected chi connectivity index (χ0v) is 9.43. The standard InChI is InChI=1S/C11H16ClN3/c12-11-4-3-9(7-15-11)6-14-10-2-1-5-13-8-10/h3-4,7,10,13-14H,1-2,5-6,8H2/t10-/m0/s1. The Morgan fingerprint density at radius 1 is 1.53 bits per heavy atom. The summed E-state index contributed by atoms with van der Waals surface area (Å²) in [5, 5.41) is 7.45. The first-order chi connectivity index (χ1) is 7.34. The molecule has 1 fully saturated rings. The first-order valence-corrected chi connectivity index (χ1v) is 5.77. The fraction of sp³-hybridized carbons (Fsp3) is 0.545. The molecule has 1 saturated heterocycles. The van der Waals surface area contributed by atoms with Crippen molar-refractivity contribution in [2.24, 2.45) is 0 Å². The SMILES string of the molecule is Clc1ccc(CN[C@H]2CCCNC2)cn1. The molecule has 0 amide bonds. The van der Waals surface area contributed by atoms with Gasteiger partial charge in [-0.2, -0.15) is 0 Å². The third-order valence-electron chi connectivity index (χ3n) is 2.68. The minimum atomic E-state index is 0.554. The van der Waals surface area contributed by atoms with Crippen LogP contribution in [0.4, 0.5) is 0 Å². The Balaban J connectivity index is 1.79. The van der Waals surface area contributed by atoms with Crippen LogP contribution in [0, 0.1) is 0 Å². The molecule has 0 spiro atoms. The Bertz CT molecular complexity index is 293. The fourth-order valence-electron chi connectivity index (χ4n) is 1.80. The van der Waals surface area contributed by atoms with Crippen LogP contribution in [0.5, 0.6) is 0 Å².